The number of hydrogen-bond donors (Lipinski definition) is 1. The Hall–Kier alpha value is -1.10. The molecule has 1 spiro atoms. The van der Waals surface area contributed by atoms with Crippen LogP contribution >= 0.6 is 0 Å². The number of methoxy groups -OCH3 is 1. The van der Waals surface area contributed by atoms with Crippen LogP contribution in [0.5, 0.6) is 0 Å². The molecule has 2 aliphatic carbocycles. The highest BCUT2D eigenvalue weighted by Crippen LogP contribution is 2.36. The number of carbonyl (C=O) groups is 2. The van der Waals surface area contributed by atoms with Gasteiger partial charge >= 0.3 is 0 Å². The second kappa shape index (κ2) is 5.35. The van der Waals surface area contributed by atoms with Crippen molar-refractivity contribution in [3.8, 4) is 0 Å². The Balaban J connectivity index is 1.80. The normalized spacial score (nSPS) is 33.5. The summed E-state index contributed by atoms with van der Waals surface area (Å²) in [6.45, 7) is 0.563. The van der Waals surface area contributed by atoms with Gasteiger partial charge in [-0.05, 0) is 32.1 Å². The van der Waals surface area contributed by atoms with Gasteiger partial charge in [0.25, 0.3) is 0 Å². The number of nitrogens with one attached hydrogen (secondary N) is 1. The lowest BCUT2D eigenvalue weighted by Crippen LogP contribution is -2.57. The summed E-state index contributed by atoms with van der Waals surface area (Å²) in [5.41, 5.74) is -0.598. The van der Waals surface area contributed by atoms with Crippen molar-refractivity contribution in [2.75, 3.05) is 13.7 Å². The number of ether oxygens (including phenoxy) is 1. The maximum absolute atomic E-state index is 13.0. The minimum atomic E-state index is -0.598. The van der Waals surface area contributed by atoms with Crippen molar-refractivity contribution in [1.82, 2.24) is 10.2 Å². The minimum Gasteiger partial charge on any atom is -0.381 e. The van der Waals surface area contributed by atoms with Crippen molar-refractivity contribution in [3.05, 3.63) is 0 Å². The SMILES string of the molecule is COC1CCC(N2CCC(=O)NC3(CCCC3)C2=O)C1. The molecule has 1 aliphatic heterocycles. The van der Waals surface area contributed by atoms with Gasteiger partial charge in [0.2, 0.25) is 11.8 Å². The second-order valence-corrected chi connectivity index (χ2v) is 6.41. The van der Waals surface area contributed by atoms with Gasteiger partial charge in [0.15, 0.2) is 0 Å². The Kier molecular flexibility index (Phi) is 3.71. The first-order chi connectivity index (χ1) is 9.64. The maximum Gasteiger partial charge on any atom is 0.248 e. The molecule has 3 fully saturated rings. The first-order valence-electron chi connectivity index (χ1n) is 7.79. The average Bonchev–Trinajstić information content (AvgIpc) is 3.06. The van der Waals surface area contributed by atoms with Gasteiger partial charge in [-0.3, -0.25) is 9.59 Å². The Morgan fingerprint density at radius 3 is 2.65 bits per heavy atom. The summed E-state index contributed by atoms with van der Waals surface area (Å²) in [5, 5.41) is 3.02. The molecular weight excluding hydrogens is 256 g/mol. The van der Waals surface area contributed by atoms with E-state index in [1.807, 2.05) is 4.90 Å². The lowest BCUT2D eigenvalue weighted by atomic mass is 9.95. The molecule has 0 aromatic heterocycles. The molecule has 3 aliphatic rings. The molecular formula is C15H24N2O3. The van der Waals surface area contributed by atoms with E-state index < -0.39 is 5.54 Å². The third-order valence-corrected chi connectivity index (χ3v) is 5.22. The van der Waals surface area contributed by atoms with E-state index in [1.165, 1.54) is 0 Å². The number of carbonyl (C=O) groups excluding carboxylic acids is 2. The van der Waals surface area contributed by atoms with Crippen LogP contribution in [0.4, 0.5) is 0 Å². The van der Waals surface area contributed by atoms with Gasteiger partial charge in [-0.2, -0.15) is 0 Å². The molecule has 1 saturated heterocycles. The lowest BCUT2D eigenvalue weighted by Gasteiger charge is -2.35. The summed E-state index contributed by atoms with van der Waals surface area (Å²) >= 11 is 0. The zero-order valence-corrected chi connectivity index (χ0v) is 12.2. The van der Waals surface area contributed by atoms with Gasteiger partial charge in [0, 0.05) is 26.1 Å². The molecule has 0 aromatic carbocycles. The molecule has 2 amide bonds. The van der Waals surface area contributed by atoms with Gasteiger partial charge in [0.05, 0.1) is 6.10 Å². The van der Waals surface area contributed by atoms with Crippen LogP contribution in [-0.4, -0.2) is 48.1 Å². The summed E-state index contributed by atoms with van der Waals surface area (Å²) in [6.07, 6.45) is 7.28. The molecule has 0 aromatic rings. The van der Waals surface area contributed by atoms with E-state index in [1.54, 1.807) is 7.11 Å². The zero-order valence-electron chi connectivity index (χ0n) is 12.2. The van der Waals surface area contributed by atoms with Crippen molar-refractivity contribution in [2.45, 2.75) is 69.1 Å². The molecule has 1 N–H and O–H groups in total. The molecule has 5 heteroatoms. The second-order valence-electron chi connectivity index (χ2n) is 6.41. The number of rotatable bonds is 2. The van der Waals surface area contributed by atoms with Crippen molar-refractivity contribution in [2.24, 2.45) is 0 Å². The predicted octanol–water partition coefficient (Wildman–Crippen LogP) is 1.22. The first-order valence-corrected chi connectivity index (χ1v) is 7.79. The molecule has 1 heterocycles. The van der Waals surface area contributed by atoms with E-state index in [2.05, 4.69) is 5.32 Å². The zero-order chi connectivity index (χ0) is 14.2. The summed E-state index contributed by atoms with van der Waals surface area (Å²) in [5.74, 6) is 0.187. The molecule has 2 atom stereocenters. The van der Waals surface area contributed by atoms with Crippen molar-refractivity contribution in [1.29, 1.82) is 0 Å². The molecule has 3 rings (SSSR count). The predicted molar refractivity (Wildman–Crippen MR) is 74.1 cm³/mol. The molecule has 0 radical (unpaired) electrons. The lowest BCUT2D eigenvalue weighted by molar-refractivity contribution is -0.140. The molecule has 20 heavy (non-hydrogen) atoms. The minimum absolute atomic E-state index is 0.0315. The van der Waals surface area contributed by atoms with E-state index in [0.29, 0.717) is 13.0 Å². The van der Waals surface area contributed by atoms with Crippen LogP contribution in [0.15, 0.2) is 0 Å². The van der Waals surface area contributed by atoms with Gasteiger partial charge in [-0.1, -0.05) is 12.8 Å². The number of amides is 2. The average molecular weight is 280 g/mol. The largest absolute Gasteiger partial charge is 0.381 e. The summed E-state index contributed by atoms with van der Waals surface area (Å²) < 4.78 is 5.42. The molecule has 0 bridgehead atoms. The Labute approximate surface area is 120 Å². The van der Waals surface area contributed by atoms with Crippen LogP contribution in [0.1, 0.15) is 51.4 Å². The fraction of sp³-hybridized carbons (Fsp3) is 0.867. The van der Waals surface area contributed by atoms with E-state index >= 15 is 0 Å². The van der Waals surface area contributed by atoms with Gasteiger partial charge in [0.1, 0.15) is 5.54 Å². The first kappa shape index (κ1) is 13.9. The van der Waals surface area contributed by atoms with E-state index in [-0.39, 0.29) is 24.0 Å². The van der Waals surface area contributed by atoms with Crippen molar-refractivity contribution in [3.63, 3.8) is 0 Å². The molecule has 5 nitrogen and oxygen atoms in total. The van der Waals surface area contributed by atoms with Crippen LogP contribution in [-0.2, 0) is 14.3 Å². The van der Waals surface area contributed by atoms with Crippen LogP contribution in [0.3, 0.4) is 0 Å². The van der Waals surface area contributed by atoms with Crippen molar-refractivity contribution < 1.29 is 14.3 Å². The topological polar surface area (TPSA) is 58.6 Å². The van der Waals surface area contributed by atoms with Gasteiger partial charge < -0.3 is 15.0 Å². The van der Waals surface area contributed by atoms with Crippen LogP contribution < -0.4 is 5.32 Å². The summed E-state index contributed by atoms with van der Waals surface area (Å²) in [4.78, 5) is 26.9. The number of hydrogen-bond acceptors (Lipinski definition) is 3. The monoisotopic (exact) mass is 280 g/mol. The van der Waals surface area contributed by atoms with Crippen LogP contribution in [0, 0.1) is 0 Å². The quantitative estimate of drug-likeness (QED) is 0.827. The Bertz CT molecular complexity index is 404. The summed E-state index contributed by atoms with van der Waals surface area (Å²) in [7, 11) is 1.74. The van der Waals surface area contributed by atoms with Gasteiger partial charge in [-0.25, -0.2) is 0 Å². The fourth-order valence-electron chi connectivity index (χ4n) is 4.06. The number of nitrogens with zero attached hydrogens (tertiary/aromatic N) is 1. The van der Waals surface area contributed by atoms with E-state index in [0.717, 1.165) is 44.9 Å². The van der Waals surface area contributed by atoms with E-state index in [4.69, 9.17) is 4.74 Å². The highest BCUT2D eigenvalue weighted by Gasteiger charge is 2.48. The Morgan fingerprint density at radius 1 is 1.25 bits per heavy atom. The molecule has 2 unspecified atom stereocenters. The molecule has 112 valence electrons. The van der Waals surface area contributed by atoms with Crippen molar-refractivity contribution >= 4 is 11.8 Å². The molecule has 2 saturated carbocycles. The van der Waals surface area contributed by atoms with Crippen LogP contribution in [0.25, 0.3) is 0 Å². The smallest absolute Gasteiger partial charge is 0.248 e. The highest BCUT2D eigenvalue weighted by molar-refractivity contribution is 5.94. The third-order valence-electron chi connectivity index (χ3n) is 5.22. The maximum atomic E-state index is 13.0. The van der Waals surface area contributed by atoms with Gasteiger partial charge in [-0.15, -0.1) is 0 Å². The van der Waals surface area contributed by atoms with Crippen LogP contribution in [0.2, 0.25) is 0 Å². The van der Waals surface area contributed by atoms with E-state index in [9.17, 15) is 9.59 Å². The third kappa shape index (κ3) is 2.32. The fourth-order valence-corrected chi connectivity index (χ4v) is 4.06. The standard InChI is InChI=1S/C15H24N2O3/c1-20-12-5-4-11(10-12)17-9-6-13(18)16-15(14(17)19)7-2-3-8-15/h11-12H,2-10H2,1H3,(H,16,18). The summed E-state index contributed by atoms with van der Waals surface area (Å²) in [6, 6.07) is 0.248. The highest BCUT2D eigenvalue weighted by atomic mass is 16.5. The Morgan fingerprint density at radius 2 is 2.00 bits per heavy atom.